The molecule has 4 saturated carbocycles. The van der Waals surface area contributed by atoms with Gasteiger partial charge in [-0.15, -0.1) is 0 Å². The number of hydrogen-bond donors (Lipinski definition) is 1. The van der Waals surface area contributed by atoms with E-state index in [9.17, 15) is 14.9 Å². The predicted octanol–water partition coefficient (Wildman–Crippen LogP) is 3.62. The summed E-state index contributed by atoms with van der Waals surface area (Å²) in [5, 5.41) is 12.5. The molecule has 0 aromatic heterocycles. The molecule has 0 unspecified atom stereocenters. The lowest BCUT2D eigenvalue weighted by Crippen LogP contribution is -2.60. The highest BCUT2D eigenvalue weighted by atomic mass is 16.5. The van der Waals surface area contributed by atoms with Gasteiger partial charge in [-0.2, -0.15) is 5.26 Å². The van der Waals surface area contributed by atoms with E-state index < -0.39 is 5.97 Å². The number of esters is 1. The summed E-state index contributed by atoms with van der Waals surface area (Å²) in [5.74, 6) is 1.83. The Morgan fingerprint density at radius 3 is 2.27 bits per heavy atom. The van der Waals surface area contributed by atoms with Gasteiger partial charge >= 0.3 is 5.97 Å². The van der Waals surface area contributed by atoms with Crippen LogP contribution in [0.3, 0.4) is 0 Å². The Balaban J connectivity index is 1.32. The van der Waals surface area contributed by atoms with Gasteiger partial charge in [0.2, 0.25) is 0 Å². The van der Waals surface area contributed by atoms with Crippen molar-refractivity contribution in [3.63, 3.8) is 0 Å². The summed E-state index contributed by atoms with van der Waals surface area (Å²) in [6.45, 7) is 2.11. The highest BCUT2D eigenvalue weighted by Crippen LogP contribution is 2.55. The monoisotopic (exact) mass is 408 g/mol. The number of benzene rings is 1. The minimum Gasteiger partial charge on any atom is -0.494 e. The van der Waals surface area contributed by atoms with Crippen LogP contribution >= 0.6 is 0 Å². The lowest BCUT2D eigenvalue weighted by atomic mass is 9.53. The number of ether oxygens (including phenoxy) is 2. The Hall–Kier alpha value is -2.81. The molecule has 0 spiro atoms. The number of nitriles is 1. The number of nitrogens with zero attached hydrogens (tertiary/aromatic N) is 1. The highest BCUT2D eigenvalue weighted by Gasteiger charge is 2.51. The van der Waals surface area contributed by atoms with Gasteiger partial charge in [0, 0.05) is 5.54 Å². The lowest BCUT2D eigenvalue weighted by molar-refractivity contribution is -0.146. The molecule has 0 saturated heterocycles. The van der Waals surface area contributed by atoms with E-state index in [2.05, 4.69) is 5.32 Å². The van der Waals surface area contributed by atoms with Crippen LogP contribution in [0, 0.1) is 29.1 Å². The maximum atomic E-state index is 12.5. The van der Waals surface area contributed by atoms with Crippen molar-refractivity contribution in [1.29, 1.82) is 5.26 Å². The van der Waals surface area contributed by atoms with Gasteiger partial charge in [-0.25, -0.2) is 4.79 Å². The summed E-state index contributed by atoms with van der Waals surface area (Å²) in [6, 6.07) is 8.93. The normalized spacial score (nSPS) is 29.2. The third-order valence-electron chi connectivity index (χ3n) is 6.62. The first kappa shape index (κ1) is 20.5. The fourth-order valence-corrected chi connectivity index (χ4v) is 5.93. The van der Waals surface area contributed by atoms with Crippen molar-refractivity contribution in [2.75, 3.05) is 13.2 Å². The van der Waals surface area contributed by atoms with Crippen molar-refractivity contribution < 1.29 is 19.1 Å². The van der Waals surface area contributed by atoms with E-state index in [1.54, 1.807) is 24.3 Å². The molecule has 0 radical (unpaired) electrons. The Bertz CT molecular complexity index is 846. The molecule has 6 heteroatoms. The minimum absolute atomic E-state index is 0.117. The van der Waals surface area contributed by atoms with Crippen LogP contribution in [0.15, 0.2) is 29.8 Å². The summed E-state index contributed by atoms with van der Waals surface area (Å²) in [6.07, 6.45) is 8.47. The quantitative estimate of drug-likeness (QED) is 0.423. The van der Waals surface area contributed by atoms with Crippen molar-refractivity contribution in [2.24, 2.45) is 17.8 Å². The largest absolute Gasteiger partial charge is 0.494 e. The molecule has 0 heterocycles. The second kappa shape index (κ2) is 8.51. The molecular formula is C24H28N2O4. The average Bonchev–Trinajstić information content (AvgIpc) is 2.70. The zero-order valence-corrected chi connectivity index (χ0v) is 17.4. The number of nitrogens with one attached hydrogen (secondary N) is 1. The summed E-state index contributed by atoms with van der Waals surface area (Å²) < 4.78 is 10.5. The molecule has 1 amide bonds. The molecule has 1 aromatic carbocycles. The van der Waals surface area contributed by atoms with E-state index in [0.717, 1.165) is 42.8 Å². The van der Waals surface area contributed by atoms with Crippen LogP contribution in [0.1, 0.15) is 51.0 Å². The minimum atomic E-state index is -0.785. The first-order chi connectivity index (χ1) is 14.5. The first-order valence-corrected chi connectivity index (χ1v) is 10.8. The molecular weight excluding hydrogens is 380 g/mol. The molecule has 4 aliphatic rings. The molecule has 4 bridgehead atoms. The van der Waals surface area contributed by atoms with Crippen LogP contribution in [0.25, 0.3) is 6.08 Å². The average molecular weight is 408 g/mol. The molecule has 0 aliphatic heterocycles. The summed E-state index contributed by atoms with van der Waals surface area (Å²) in [7, 11) is 0. The van der Waals surface area contributed by atoms with Gasteiger partial charge in [0.05, 0.1) is 6.61 Å². The number of amides is 1. The van der Waals surface area contributed by atoms with Crippen LogP contribution in [-0.4, -0.2) is 30.6 Å². The van der Waals surface area contributed by atoms with E-state index in [0.29, 0.717) is 12.2 Å². The standard InChI is InChI=1S/C24H28N2O4/c1-2-29-21-5-3-16(4-6-21)10-20(14-25)23(28)30-15-22(27)26-24-11-17-7-18(12-24)9-19(8-17)13-24/h3-6,10,17-19H,2,7-9,11-13,15H2,1H3,(H,26,27)/b20-10+. The maximum Gasteiger partial charge on any atom is 0.349 e. The molecule has 4 aliphatic carbocycles. The van der Waals surface area contributed by atoms with Gasteiger partial charge in [0.1, 0.15) is 17.4 Å². The van der Waals surface area contributed by atoms with Gasteiger partial charge in [0.15, 0.2) is 6.61 Å². The van der Waals surface area contributed by atoms with Crippen LogP contribution in [0.2, 0.25) is 0 Å². The number of hydrogen-bond acceptors (Lipinski definition) is 5. The van der Waals surface area contributed by atoms with Crippen molar-refractivity contribution in [1.82, 2.24) is 5.32 Å². The molecule has 1 N–H and O–H groups in total. The van der Waals surface area contributed by atoms with Gasteiger partial charge < -0.3 is 14.8 Å². The van der Waals surface area contributed by atoms with Crippen LogP contribution in [0.5, 0.6) is 5.75 Å². The Morgan fingerprint density at radius 2 is 1.73 bits per heavy atom. The van der Waals surface area contributed by atoms with E-state index in [1.165, 1.54) is 25.3 Å². The molecule has 158 valence electrons. The van der Waals surface area contributed by atoms with Crippen molar-refractivity contribution in [3.8, 4) is 11.8 Å². The summed E-state index contributed by atoms with van der Waals surface area (Å²) in [4.78, 5) is 24.8. The van der Waals surface area contributed by atoms with E-state index in [1.807, 2.05) is 13.0 Å². The van der Waals surface area contributed by atoms with Crippen molar-refractivity contribution in [2.45, 2.75) is 51.0 Å². The summed E-state index contributed by atoms with van der Waals surface area (Å²) in [5.41, 5.74) is 0.431. The highest BCUT2D eigenvalue weighted by molar-refractivity contribution is 5.98. The molecule has 0 atom stereocenters. The second-order valence-corrected chi connectivity index (χ2v) is 8.99. The molecule has 5 rings (SSSR count). The maximum absolute atomic E-state index is 12.5. The molecule has 1 aromatic rings. The Morgan fingerprint density at radius 1 is 1.13 bits per heavy atom. The zero-order valence-electron chi connectivity index (χ0n) is 17.4. The third-order valence-corrected chi connectivity index (χ3v) is 6.62. The number of carbonyl (C=O) groups is 2. The lowest BCUT2D eigenvalue weighted by Gasteiger charge is -2.56. The Kier molecular flexibility index (Phi) is 5.80. The van der Waals surface area contributed by atoms with Gasteiger partial charge in [-0.05, 0) is 87.0 Å². The first-order valence-electron chi connectivity index (χ1n) is 10.8. The third kappa shape index (κ3) is 4.51. The Labute approximate surface area is 177 Å². The zero-order chi connectivity index (χ0) is 21.1. The molecule has 30 heavy (non-hydrogen) atoms. The molecule has 6 nitrogen and oxygen atoms in total. The topological polar surface area (TPSA) is 88.4 Å². The van der Waals surface area contributed by atoms with Crippen LogP contribution < -0.4 is 10.1 Å². The fraction of sp³-hybridized carbons (Fsp3) is 0.542. The van der Waals surface area contributed by atoms with Crippen LogP contribution in [-0.2, 0) is 14.3 Å². The van der Waals surface area contributed by atoms with E-state index in [-0.39, 0.29) is 23.6 Å². The van der Waals surface area contributed by atoms with Gasteiger partial charge in [-0.1, -0.05) is 12.1 Å². The number of carbonyl (C=O) groups excluding carboxylic acids is 2. The van der Waals surface area contributed by atoms with Gasteiger partial charge in [-0.3, -0.25) is 4.79 Å². The van der Waals surface area contributed by atoms with Crippen LogP contribution in [0.4, 0.5) is 0 Å². The van der Waals surface area contributed by atoms with E-state index >= 15 is 0 Å². The van der Waals surface area contributed by atoms with Crippen molar-refractivity contribution >= 4 is 18.0 Å². The van der Waals surface area contributed by atoms with Crippen molar-refractivity contribution in [3.05, 3.63) is 35.4 Å². The molecule has 4 fully saturated rings. The van der Waals surface area contributed by atoms with Gasteiger partial charge in [0.25, 0.3) is 5.91 Å². The summed E-state index contributed by atoms with van der Waals surface area (Å²) >= 11 is 0. The predicted molar refractivity (Wildman–Crippen MR) is 111 cm³/mol. The smallest absolute Gasteiger partial charge is 0.349 e. The number of rotatable bonds is 7. The fourth-order valence-electron chi connectivity index (χ4n) is 5.93. The SMILES string of the molecule is CCOc1ccc(/C=C(\C#N)C(=O)OCC(=O)NC23CC4CC(CC(C4)C2)C3)cc1. The van der Waals surface area contributed by atoms with E-state index in [4.69, 9.17) is 9.47 Å². The second-order valence-electron chi connectivity index (χ2n) is 8.99.